The molecule has 2 aliphatic rings. The zero-order chi connectivity index (χ0) is 11.8. The second kappa shape index (κ2) is 4.18. The van der Waals surface area contributed by atoms with Gasteiger partial charge in [-0.05, 0) is 31.1 Å². The van der Waals surface area contributed by atoms with Crippen LogP contribution in [0.25, 0.3) is 0 Å². The minimum atomic E-state index is -1.38. The van der Waals surface area contributed by atoms with Crippen molar-refractivity contribution in [2.24, 2.45) is 10.7 Å². The Morgan fingerprint density at radius 1 is 1.62 bits per heavy atom. The summed E-state index contributed by atoms with van der Waals surface area (Å²) in [6, 6.07) is 0.235. The van der Waals surface area contributed by atoms with Crippen molar-refractivity contribution in [3.63, 3.8) is 0 Å². The second-order valence-corrected chi connectivity index (χ2v) is 5.84. The van der Waals surface area contributed by atoms with Crippen LogP contribution in [0.15, 0.2) is 4.99 Å². The van der Waals surface area contributed by atoms with E-state index >= 15 is 0 Å². The van der Waals surface area contributed by atoms with Gasteiger partial charge in [0.1, 0.15) is 0 Å². The number of aliphatic imine (C=N–C) groups is 1. The van der Waals surface area contributed by atoms with E-state index < -0.39 is 10.7 Å². The van der Waals surface area contributed by atoms with Crippen molar-refractivity contribution >= 4 is 16.9 Å². The fourth-order valence-corrected chi connectivity index (χ4v) is 3.48. The van der Waals surface area contributed by atoms with E-state index in [1.807, 2.05) is 0 Å². The number of thioether (sulfide) groups is 1. The van der Waals surface area contributed by atoms with E-state index in [1.165, 1.54) is 0 Å². The van der Waals surface area contributed by atoms with E-state index in [2.05, 4.69) is 17.2 Å². The summed E-state index contributed by atoms with van der Waals surface area (Å²) in [6.07, 6.45) is 2.82. The van der Waals surface area contributed by atoms with Crippen molar-refractivity contribution in [1.82, 2.24) is 5.32 Å². The van der Waals surface area contributed by atoms with Crippen LogP contribution in [0.5, 0.6) is 0 Å². The number of rotatable bonds is 3. The van der Waals surface area contributed by atoms with Crippen LogP contribution < -0.4 is 11.1 Å². The lowest BCUT2D eigenvalue weighted by Crippen LogP contribution is -2.56. The largest absolute Gasteiger partial charge is 0.378 e. The van der Waals surface area contributed by atoms with Crippen LogP contribution >= 0.6 is 11.8 Å². The van der Waals surface area contributed by atoms with Gasteiger partial charge in [0, 0.05) is 18.9 Å². The van der Waals surface area contributed by atoms with Gasteiger partial charge >= 0.3 is 0 Å². The average Bonchev–Trinajstić information content (AvgIpc) is 2.43. The number of nitrogens with one attached hydrogen (secondary N) is 1. The number of amidine groups is 1. The summed E-state index contributed by atoms with van der Waals surface area (Å²) in [5.41, 5.74) is 4.20. The predicted molar refractivity (Wildman–Crippen MR) is 65.0 cm³/mol. The molecule has 6 heteroatoms. The highest BCUT2D eigenvalue weighted by atomic mass is 32.2. The topological polar surface area (TPSA) is 90.9 Å². The molecular weight excluding hydrogens is 226 g/mol. The van der Waals surface area contributed by atoms with Crippen LogP contribution in [0.3, 0.4) is 0 Å². The molecule has 0 amide bonds. The van der Waals surface area contributed by atoms with Gasteiger partial charge in [0.15, 0.2) is 15.8 Å². The van der Waals surface area contributed by atoms with Crippen LogP contribution in [0, 0.1) is 0 Å². The Morgan fingerprint density at radius 2 is 2.38 bits per heavy atom. The van der Waals surface area contributed by atoms with E-state index in [-0.39, 0.29) is 11.2 Å². The summed E-state index contributed by atoms with van der Waals surface area (Å²) in [6.45, 7) is 3.03. The van der Waals surface area contributed by atoms with Crippen molar-refractivity contribution in [2.75, 3.05) is 6.54 Å². The lowest BCUT2D eigenvalue weighted by molar-refractivity contribution is -0.117. The van der Waals surface area contributed by atoms with E-state index in [0.29, 0.717) is 12.8 Å². The van der Waals surface area contributed by atoms with E-state index in [4.69, 9.17) is 5.73 Å². The zero-order valence-corrected chi connectivity index (χ0v) is 10.3. The second-order valence-electron chi connectivity index (χ2n) is 4.55. The highest BCUT2D eigenvalue weighted by Gasteiger charge is 2.58. The van der Waals surface area contributed by atoms with Gasteiger partial charge in [-0.2, -0.15) is 0 Å². The van der Waals surface area contributed by atoms with Gasteiger partial charge in [0.25, 0.3) is 0 Å². The minimum absolute atomic E-state index is 0.235. The molecular formula is C10H19N3O2S. The first kappa shape index (κ1) is 12.2. The van der Waals surface area contributed by atoms with Crippen molar-refractivity contribution < 1.29 is 10.2 Å². The predicted octanol–water partition coefficient (Wildman–Crippen LogP) is -0.0228. The lowest BCUT2D eigenvalue weighted by atomic mass is 9.85. The third-order valence-corrected chi connectivity index (χ3v) is 4.37. The minimum Gasteiger partial charge on any atom is -0.378 e. The van der Waals surface area contributed by atoms with Crippen LogP contribution in [0.2, 0.25) is 0 Å². The summed E-state index contributed by atoms with van der Waals surface area (Å²) in [4.78, 5) is 2.71. The standard InChI is InChI=1S/C10H19N3O2S/c1-2-5-12-7-3-4-9(14)10(15,6-7)16-8(11)13-9/h7,12,14-15H,2-6H2,1H3,(H2,11,13)/t7?,9-,10-/m0/s1. The van der Waals surface area contributed by atoms with Crippen LogP contribution in [-0.4, -0.2) is 38.6 Å². The summed E-state index contributed by atoms with van der Waals surface area (Å²) >= 11 is 1.08. The van der Waals surface area contributed by atoms with E-state index in [0.717, 1.165) is 31.1 Å². The molecule has 1 unspecified atom stereocenters. The van der Waals surface area contributed by atoms with Crippen LogP contribution in [0.4, 0.5) is 0 Å². The van der Waals surface area contributed by atoms with Crippen molar-refractivity contribution in [3.05, 3.63) is 0 Å². The Hall–Kier alpha value is -0.300. The quantitative estimate of drug-likeness (QED) is 0.561. The molecule has 0 aromatic carbocycles. The molecule has 0 radical (unpaired) electrons. The Kier molecular flexibility index (Phi) is 3.18. The first-order valence-electron chi connectivity index (χ1n) is 5.71. The Balaban J connectivity index is 2.04. The molecule has 92 valence electrons. The molecule has 0 bridgehead atoms. The molecule has 0 saturated heterocycles. The molecule has 2 rings (SSSR count). The SMILES string of the molecule is CCCNC1CC[C@@]2(O)N=C(N)S[C@@]2(O)C1. The highest BCUT2D eigenvalue weighted by molar-refractivity contribution is 8.15. The van der Waals surface area contributed by atoms with Crippen LogP contribution in [0.1, 0.15) is 32.6 Å². The summed E-state index contributed by atoms with van der Waals surface area (Å²) < 4.78 is 0. The first-order valence-corrected chi connectivity index (χ1v) is 6.53. The van der Waals surface area contributed by atoms with Crippen molar-refractivity contribution in [2.45, 2.75) is 49.3 Å². The molecule has 0 aromatic rings. The third kappa shape index (κ3) is 1.95. The maximum atomic E-state index is 10.4. The molecule has 1 saturated carbocycles. The van der Waals surface area contributed by atoms with E-state index in [9.17, 15) is 10.2 Å². The maximum Gasteiger partial charge on any atom is 0.197 e. The summed E-state index contributed by atoms with van der Waals surface area (Å²) in [7, 11) is 0. The lowest BCUT2D eigenvalue weighted by Gasteiger charge is -2.42. The fraction of sp³-hybridized carbons (Fsp3) is 0.900. The summed E-state index contributed by atoms with van der Waals surface area (Å²) in [5.74, 6) is 0. The zero-order valence-electron chi connectivity index (χ0n) is 9.44. The number of nitrogens with zero attached hydrogens (tertiary/aromatic N) is 1. The molecule has 1 fully saturated rings. The fourth-order valence-electron chi connectivity index (χ4n) is 2.34. The molecule has 1 aliphatic heterocycles. The highest BCUT2D eigenvalue weighted by Crippen LogP contribution is 2.49. The maximum absolute atomic E-state index is 10.4. The Morgan fingerprint density at radius 3 is 3.06 bits per heavy atom. The van der Waals surface area contributed by atoms with Gasteiger partial charge in [-0.3, -0.25) is 0 Å². The average molecular weight is 245 g/mol. The molecule has 0 spiro atoms. The van der Waals surface area contributed by atoms with Gasteiger partial charge in [-0.1, -0.05) is 6.92 Å². The first-order chi connectivity index (χ1) is 7.49. The number of fused-ring (bicyclic) bond motifs is 1. The van der Waals surface area contributed by atoms with Crippen molar-refractivity contribution in [3.8, 4) is 0 Å². The molecule has 1 aliphatic carbocycles. The molecule has 5 N–H and O–H groups in total. The molecule has 3 atom stereocenters. The van der Waals surface area contributed by atoms with Gasteiger partial charge in [0.05, 0.1) is 0 Å². The number of hydrogen-bond donors (Lipinski definition) is 4. The normalized spacial score (nSPS) is 42.9. The van der Waals surface area contributed by atoms with E-state index in [1.54, 1.807) is 0 Å². The van der Waals surface area contributed by atoms with Gasteiger partial charge < -0.3 is 21.3 Å². The molecule has 0 aromatic heterocycles. The molecule has 16 heavy (non-hydrogen) atoms. The summed E-state index contributed by atoms with van der Waals surface area (Å²) in [5, 5.41) is 24.3. The number of aliphatic hydroxyl groups is 2. The van der Waals surface area contributed by atoms with Gasteiger partial charge in [-0.25, -0.2) is 4.99 Å². The monoisotopic (exact) mass is 245 g/mol. The number of hydrogen-bond acceptors (Lipinski definition) is 6. The van der Waals surface area contributed by atoms with Gasteiger partial charge in [-0.15, -0.1) is 0 Å². The number of nitrogens with two attached hydrogens (primary N) is 1. The third-order valence-electron chi connectivity index (χ3n) is 3.24. The Bertz CT molecular complexity index is 312. The smallest absolute Gasteiger partial charge is 0.197 e. The molecule has 1 heterocycles. The molecule has 5 nitrogen and oxygen atoms in total. The van der Waals surface area contributed by atoms with Gasteiger partial charge in [0.2, 0.25) is 0 Å². The van der Waals surface area contributed by atoms with Crippen LogP contribution in [-0.2, 0) is 0 Å². The van der Waals surface area contributed by atoms with Crippen molar-refractivity contribution in [1.29, 1.82) is 0 Å². The Labute approximate surface area is 99.5 Å².